The van der Waals surface area contributed by atoms with E-state index in [-0.39, 0.29) is 11.8 Å². The Bertz CT molecular complexity index is 654. The van der Waals surface area contributed by atoms with E-state index in [9.17, 15) is 10.1 Å². The number of nitro benzene ring substituents is 1. The second kappa shape index (κ2) is 6.26. The Morgan fingerprint density at radius 3 is 2.57 bits per heavy atom. The fourth-order valence-electron chi connectivity index (χ4n) is 2.02. The molecule has 1 atom stereocenters. The highest BCUT2D eigenvalue weighted by molar-refractivity contribution is 5.43. The van der Waals surface area contributed by atoms with Gasteiger partial charge >= 0.3 is 0 Å². The van der Waals surface area contributed by atoms with Crippen molar-refractivity contribution in [1.29, 1.82) is 0 Å². The minimum Gasteiger partial charge on any atom is -0.493 e. The second-order valence-electron chi connectivity index (χ2n) is 4.77. The van der Waals surface area contributed by atoms with Crippen LogP contribution in [-0.4, -0.2) is 12.0 Å². The number of non-ortho nitro benzene ring substituents is 1. The van der Waals surface area contributed by atoms with Gasteiger partial charge < -0.3 is 9.47 Å². The fraction of sp³-hybridized carbons (Fsp3) is 0.250. The zero-order valence-corrected chi connectivity index (χ0v) is 12.2. The normalized spacial score (nSPS) is 11.8. The standard InChI is InChI=1S/C16H17NO4/c1-11-7-8-15(16(9-11)20-3)21-12(2)13-5-4-6-14(10-13)17(18)19/h4-10,12H,1-3H3/t12-/m1/s1. The smallest absolute Gasteiger partial charge is 0.269 e. The summed E-state index contributed by atoms with van der Waals surface area (Å²) in [4.78, 5) is 10.4. The third-order valence-electron chi connectivity index (χ3n) is 3.17. The first-order chi connectivity index (χ1) is 10.0. The minimum atomic E-state index is -0.414. The van der Waals surface area contributed by atoms with E-state index in [1.54, 1.807) is 19.2 Å². The van der Waals surface area contributed by atoms with Crippen LogP contribution < -0.4 is 9.47 Å². The molecule has 21 heavy (non-hydrogen) atoms. The summed E-state index contributed by atoms with van der Waals surface area (Å²) < 4.78 is 11.2. The molecule has 0 N–H and O–H groups in total. The van der Waals surface area contributed by atoms with Crippen LogP contribution in [0.1, 0.15) is 24.2 Å². The molecule has 0 aliphatic heterocycles. The van der Waals surface area contributed by atoms with Gasteiger partial charge in [0, 0.05) is 12.1 Å². The molecular weight excluding hydrogens is 270 g/mol. The molecule has 0 radical (unpaired) electrons. The largest absolute Gasteiger partial charge is 0.493 e. The van der Waals surface area contributed by atoms with Gasteiger partial charge in [0.25, 0.3) is 5.69 Å². The van der Waals surface area contributed by atoms with Crippen molar-refractivity contribution in [3.63, 3.8) is 0 Å². The summed E-state index contributed by atoms with van der Waals surface area (Å²) >= 11 is 0. The average Bonchev–Trinajstić information content (AvgIpc) is 2.49. The lowest BCUT2D eigenvalue weighted by Gasteiger charge is -2.17. The van der Waals surface area contributed by atoms with Gasteiger partial charge in [0.15, 0.2) is 11.5 Å². The molecule has 0 spiro atoms. The molecular formula is C16H17NO4. The molecule has 0 aromatic heterocycles. The Kier molecular flexibility index (Phi) is 4.42. The third kappa shape index (κ3) is 3.51. The van der Waals surface area contributed by atoms with Crippen LogP contribution in [0.25, 0.3) is 0 Å². The third-order valence-corrected chi connectivity index (χ3v) is 3.17. The van der Waals surface area contributed by atoms with Crippen LogP contribution in [-0.2, 0) is 0 Å². The molecule has 0 saturated heterocycles. The average molecular weight is 287 g/mol. The van der Waals surface area contributed by atoms with Crippen molar-refractivity contribution < 1.29 is 14.4 Å². The Morgan fingerprint density at radius 2 is 1.90 bits per heavy atom. The molecule has 2 aromatic rings. The first-order valence-corrected chi connectivity index (χ1v) is 6.57. The molecule has 0 fully saturated rings. The van der Waals surface area contributed by atoms with Crippen molar-refractivity contribution in [2.75, 3.05) is 7.11 Å². The van der Waals surface area contributed by atoms with Crippen molar-refractivity contribution in [3.05, 3.63) is 63.7 Å². The predicted octanol–water partition coefficient (Wildman–Crippen LogP) is 4.05. The number of hydrogen-bond acceptors (Lipinski definition) is 4. The highest BCUT2D eigenvalue weighted by Crippen LogP contribution is 2.32. The van der Waals surface area contributed by atoms with E-state index in [2.05, 4.69) is 0 Å². The molecule has 0 saturated carbocycles. The van der Waals surface area contributed by atoms with Crippen LogP contribution in [0.3, 0.4) is 0 Å². The van der Waals surface area contributed by atoms with Crippen LogP contribution in [0, 0.1) is 17.0 Å². The van der Waals surface area contributed by atoms with Gasteiger partial charge in [-0.2, -0.15) is 0 Å². The Labute approximate surface area is 123 Å². The van der Waals surface area contributed by atoms with E-state index in [0.717, 1.165) is 11.1 Å². The molecule has 0 aliphatic carbocycles. The van der Waals surface area contributed by atoms with Crippen LogP contribution in [0.2, 0.25) is 0 Å². The summed E-state index contributed by atoms with van der Waals surface area (Å²) in [6.45, 7) is 3.81. The van der Waals surface area contributed by atoms with Crippen LogP contribution in [0.5, 0.6) is 11.5 Å². The highest BCUT2D eigenvalue weighted by atomic mass is 16.6. The van der Waals surface area contributed by atoms with Crippen molar-refractivity contribution in [2.45, 2.75) is 20.0 Å². The number of hydrogen-bond donors (Lipinski definition) is 0. The first-order valence-electron chi connectivity index (χ1n) is 6.57. The SMILES string of the molecule is COc1cc(C)ccc1O[C@H](C)c1cccc([N+](=O)[O-])c1. The van der Waals surface area contributed by atoms with Gasteiger partial charge in [-0.15, -0.1) is 0 Å². The van der Waals surface area contributed by atoms with E-state index < -0.39 is 4.92 Å². The van der Waals surface area contributed by atoms with Crippen molar-refractivity contribution in [2.24, 2.45) is 0 Å². The molecule has 0 heterocycles. The van der Waals surface area contributed by atoms with Crippen molar-refractivity contribution in [3.8, 4) is 11.5 Å². The predicted molar refractivity (Wildman–Crippen MR) is 79.9 cm³/mol. The lowest BCUT2D eigenvalue weighted by atomic mass is 10.1. The number of rotatable bonds is 5. The Balaban J connectivity index is 2.23. The summed E-state index contributed by atoms with van der Waals surface area (Å²) in [5.41, 5.74) is 1.87. The van der Waals surface area contributed by atoms with Gasteiger partial charge in [-0.1, -0.05) is 18.2 Å². The number of aryl methyl sites for hydroxylation is 1. The second-order valence-corrected chi connectivity index (χ2v) is 4.77. The lowest BCUT2D eigenvalue weighted by Crippen LogP contribution is -2.05. The molecule has 0 unspecified atom stereocenters. The number of nitro groups is 1. The van der Waals surface area contributed by atoms with Gasteiger partial charge in [-0.25, -0.2) is 0 Å². The quantitative estimate of drug-likeness (QED) is 0.614. The maximum absolute atomic E-state index is 10.8. The zero-order chi connectivity index (χ0) is 15.4. The van der Waals surface area contributed by atoms with Crippen LogP contribution in [0.15, 0.2) is 42.5 Å². The first kappa shape index (κ1) is 14.8. The van der Waals surface area contributed by atoms with E-state index in [1.165, 1.54) is 12.1 Å². The molecule has 5 heteroatoms. The van der Waals surface area contributed by atoms with Gasteiger partial charge in [-0.3, -0.25) is 10.1 Å². The van der Waals surface area contributed by atoms with E-state index in [4.69, 9.17) is 9.47 Å². The van der Waals surface area contributed by atoms with Gasteiger partial charge in [-0.05, 0) is 37.1 Å². The summed E-state index contributed by atoms with van der Waals surface area (Å²) in [5.74, 6) is 1.26. The zero-order valence-electron chi connectivity index (χ0n) is 12.2. The van der Waals surface area contributed by atoms with E-state index in [0.29, 0.717) is 11.5 Å². The monoisotopic (exact) mass is 287 g/mol. The van der Waals surface area contributed by atoms with E-state index in [1.807, 2.05) is 32.0 Å². The number of benzene rings is 2. The summed E-state index contributed by atoms with van der Waals surface area (Å²) in [6, 6.07) is 12.1. The summed E-state index contributed by atoms with van der Waals surface area (Å²) in [6.07, 6.45) is -0.318. The molecule has 0 aliphatic rings. The number of ether oxygens (including phenoxy) is 2. The Hall–Kier alpha value is -2.56. The highest BCUT2D eigenvalue weighted by Gasteiger charge is 2.14. The fourth-order valence-corrected chi connectivity index (χ4v) is 2.02. The molecule has 110 valence electrons. The van der Waals surface area contributed by atoms with Crippen LogP contribution >= 0.6 is 0 Å². The van der Waals surface area contributed by atoms with Crippen LogP contribution in [0.4, 0.5) is 5.69 Å². The van der Waals surface area contributed by atoms with Gasteiger partial charge in [0.1, 0.15) is 6.10 Å². The molecule has 2 aromatic carbocycles. The molecule has 2 rings (SSSR count). The maximum Gasteiger partial charge on any atom is 0.269 e. The molecule has 5 nitrogen and oxygen atoms in total. The van der Waals surface area contributed by atoms with Crippen molar-refractivity contribution >= 4 is 5.69 Å². The van der Waals surface area contributed by atoms with Gasteiger partial charge in [0.2, 0.25) is 0 Å². The molecule has 0 bridgehead atoms. The number of methoxy groups -OCH3 is 1. The molecule has 0 amide bonds. The maximum atomic E-state index is 10.8. The van der Waals surface area contributed by atoms with Gasteiger partial charge in [0.05, 0.1) is 12.0 Å². The summed E-state index contributed by atoms with van der Waals surface area (Å²) in [7, 11) is 1.58. The summed E-state index contributed by atoms with van der Waals surface area (Å²) in [5, 5.41) is 10.8. The van der Waals surface area contributed by atoms with E-state index >= 15 is 0 Å². The topological polar surface area (TPSA) is 61.6 Å². The minimum absolute atomic E-state index is 0.0545. The Morgan fingerprint density at radius 1 is 1.14 bits per heavy atom. The number of nitrogens with zero attached hydrogens (tertiary/aromatic N) is 1. The van der Waals surface area contributed by atoms with Crippen molar-refractivity contribution in [1.82, 2.24) is 0 Å². The lowest BCUT2D eigenvalue weighted by molar-refractivity contribution is -0.385.